The summed E-state index contributed by atoms with van der Waals surface area (Å²) in [6.07, 6.45) is 12.1. The van der Waals surface area contributed by atoms with Gasteiger partial charge in [-0.3, -0.25) is 0 Å². The second-order valence-corrected chi connectivity index (χ2v) is 25.3. The van der Waals surface area contributed by atoms with Crippen molar-refractivity contribution in [1.82, 2.24) is 0 Å². The Morgan fingerprint density at radius 1 is 0.659 bits per heavy atom. The van der Waals surface area contributed by atoms with Crippen LogP contribution in [0.5, 0.6) is 0 Å². The molecule has 0 unspecified atom stereocenters. The van der Waals surface area contributed by atoms with E-state index in [1.165, 1.54) is 29.5 Å². The van der Waals surface area contributed by atoms with Crippen LogP contribution in [0.15, 0.2) is 39.7 Å². The van der Waals surface area contributed by atoms with Crippen LogP contribution in [0.4, 0.5) is 0 Å². The second kappa shape index (κ2) is 12.4. The number of rotatable bonds is 6. The van der Waals surface area contributed by atoms with Gasteiger partial charge in [0.1, 0.15) is 0 Å². The van der Waals surface area contributed by atoms with E-state index in [1.54, 1.807) is 31.1 Å². The first-order valence-corrected chi connectivity index (χ1v) is 21.2. The van der Waals surface area contributed by atoms with E-state index in [4.69, 9.17) is 0 Å². The van der Waals surface area contributed by atoms with Gasteiger partial charge in [-0.15, -0.1) is 0 Å². The predicted octanol–water partition coefficient (Wildman–Crippen LogP) is 11.8. The van der Waals surface area contributed by atoms with Gasteiger partial charge in [-0.05, 0) is 0 Å². The number of hydrogen-bond donors (Lipinski definition) is 0. The molecule has 0 heterocycles. The fourth-order valence-corrected chi connectivity index (χ4v) is 18.1. The summed E-state index contributed by atoms with van der Waals surface area (Å²) in [4.78, 5) is 0. The molecule has 2 aliphatic carbocycles. The molecule has 0 fully saturated rings. The molecule has 2 aromatic rings. The summed E-state index contributed by atoms with van der Waals surface area (Å²) in [5, 5.41) is 0. The summed E-state index contributed by atoms with van der Waals surface area (Å²) in [5.74, 6) is 1.37. The molecule has 0 N–H and O–H groups in total. The number of benzene rings is 2. The third kappa shape index (κ3) is 7.30. The fraction of sp³-hybridized carbons (Fsp3) is 0.605. The average molecular weight is 672 g/mol. The third-order valence-corrected chi connectivity index (χ3v) is 17.3. The van der Waals surface area contributed by atoms with Gasteiger partial charge < -0.3 is 0 Å². The van der Waals surface area contributed by atoms with Crippen molar-refractivity contribution in [1.29, 1.82) is 0 Å². The van der Waals surface area contributed by atoms with Crippen molar-refractivity contribution in [3.05, 3.63) is 73.1 Å². The quantitative estimate of drug-likeness (QED) is 0.245. The zero-order valence-corrected chi connectivity index (χ0v) is 33.9. The van der Waals surface area contributed by atoms with E-state index < -0.39 is 21.3 Å². The molecule has 0 aromatic heterocycles. The fourth-order valence-electron chi connectivity index (χ4n) is 7.74. The molecule has 4 rings (SSSR count). The Bertz CT molecular complexity index is 1490. The van der Waals surface area contributed by atoms with Crippen LogP contribution in [-0.4, -0.2) is 3.21 Å². The summed E-state index contributed by atoms with van der Waals surface area (Å²) >= 11 is -2.51. The van der Waals surface area contributed by atoms with Gasteiger partial charge in [-0.25, -0.2) is 0 Å². The third-order valence-electron chi connectivity index (χ3n) is 9.51. The van der Waals surface area contributed by atoms with E-state index >= 15 is 0 Å². The van der Waals surface area contributed by atoms with Crippen LogP contribution in [0, 0.1) is 11.8 Å². The SMILES string of the molecule is CC(C)C[C](CC(C)C)=[Zr]([C]1=CC=CC1)[c]1c2c(cc(C(C)(C)C)c1C(C)(C)C)-c1cc(C(C)(C)C)c(C(C)(C)C)cc1C2. The number of allylic oxidation sites excluding steroid dienone is 4. The van der Waals surface area contributed by atoms with Crippen molar-refractivity contribution < 1.29 is 21.3 Å². The Morgan fingerprint density at radius 2 is 1.16 bits per heavy atom. The van der Waals surface area contributed by atoms with Crippen LogP contribution >= 0.6 is 0 Å². The Labute approximate surface area is 280 Å². The molecule has 0 aliphatic heterocycles. The second-order valence-electron chi connectivity index (χ2n) is 18.9. The van der Waals surface area contributed by atoms with Crippen LogP contribution < -0.4 is 3.27 Å². The normalized spacial score (nSPS) is 15.3. The van der Waals surface area contributed by atoms with Gasteiger partial charge in [0.2, 0.25) is 0 Å². The molecule has 240 valence electrons. The molecule has 0 saturated heterocycles. The van der Waals surface area contributed by atoms with Crippen molar-refractivity contribution in [2.45, 2.75) is 158 Å². The van der Waals surface area contributed by atoms with Crippen LogP contribution in [0.2, 0.25) is 0 Å². The van der Waals surface area contributed by atoms with E-state index in [1.807, 2.05) is 6.48 Å². The van der Waals surface area contributed by atoms with Gasteiger partial charge in [0, 0.05) is 0 Å². The Balaban J connectivity index is 2.25. The minimum absolute atomic E-state index is 0.0696. The monoisotopic (exact) mass is 670 g/mol. The van der Waals surface area contributed by atoms with Crippen LogP contribution in [-0.2, 0) is 49.3 Å². The first-order valence-electron chi connectivity index (χ1n) is 17.5. The van der Waals surface area contributed by atoms with Crippen molar-refractivity contribution in [2.75, 3.05) is 0 Å². The minimum atomic E-state index is -2.51. The van der Waals surface area contributed by atoms with Crippen molar-refractivity contribution >= 4 is 6.48 Å². The molecule has 2 aliphatic rings. The predicted molar refractivity (Wildman–Crippen MR) is 195 cm³/mol. The summed E-state index contributed by atoms with van der Waals surface area (Å²) in [6, 6.07) is 7.92. The molecule has 2 aromatic carbocycles. The zero-order chi connectivity index (χ0) is 33.2. The molecule has 0 radical (unpaired) electrons. The molecule has 0 atom stereocenters. The van der Waals surface area contributed by atoms with Crippen molar-refractivity contribution in [3.63, 3.8) is 0 Å². The summed E-state index contributed by atoms with van der Waals surface area (Å²) in [6.45, 7) is 39.1. The summed E-state index contributed by atoms with van der Waals surface area (Å²) in [5.41, 5.74) is 13.0. The van der Waals surface area contributed by atoms with Crippen LogP contribution in [0.3, 0.4) is 0 Å². The number of hydrogen-bond acceptors (Lipinski definition) is 0. The topological polar surface area (TPSA) is 0 Å². The van der Waals surface area contributed by atoms with Crippen LogP contribution in [0.1, 0.15) is 163 Å². The zero-order valence-electron chi connectivity index (χ0n) is 31.4. The molecule has 44 heavy (non-hydrogen) atoms. The van der Waals surface area contributed by atoms with Crippen molar-refractivity contribution in [3.8, 4) is 11.1 Å². The van der Waals surface area contributed by atoms with E-state index in [-0.39, 0.29) is 21.7 Å². The first-order chi connectivity index (χ1) is 20.0. The van der Waals surface area contributed by atoms with E-state index in [9.17, 15) is 0 Å². The van der Waals surface area contributed by atoms with Gasteiger partial charge in [0.05, 0.1) is 0 Å². The first kappa shape index (κ1) is 35.5. The van der Waals surface area contributed by atoms with Gasteiger partial charge in [0.15, 0.2) is 0 Å². The average Bonchev–Trinajstić information content (AvgIpc) is 3.47. The van der Waals surface area contributed by atoms with Crippen molar-refractivity contribution in [2.24, 2.45) is 11.8 Å². The van der Waals surface area contributed by atoms with Gasteiger partial charge in [-0.1, -0.05) is 0 Å². The molecule has 0 bridgehead atoms. The summed E-state index contributed by atoms with van der Waals surface area (Å²) < 4.78 is 5.58. The van der Waals surface area contributed by atoms with Crippen LogP contribution in [0.25, 0.3) is 11.1 Å². The van der Waals surface area contributed by atoms with E-state index in [0.29, 0.717) is 11.8 Å². The van der Waals surface area contributed by atoms with Gasteiger partial charge >= 0.3 is 282 Å². The maximum atomic E-state index is 2.67. The number of fused-ring (bicyclic) bond motifs is 3. The Morgan fingerprint density at radius 3 is 1.59 bits per heavy atom. The molecule has 0 spiro atoms. The van der Waals surface area contributed by atoms with Gasteiger partial charge in [-0.2, -0.15) is 0 Å². The molecule has 0 nitrogen and oxygen atoms in total. The standard InChI is InChI=1S/C29H41.C9H18.C5H5.Zr/c1-26(2,3)22-14-18-13-19-15-23(27(4,5)6)25(29(10,11)12)17-21(19)20(18)16-24(22)28(7,8)9;1-8(2)6-5-7-9(3)4;1-2-4-5-3-1;/h14,16-17H,13H2,1-12H3;8-9H,6-7H2,1-4H3;1-3H,4H2;. The Hall–Kier alpha value is -1.33. The molecule has 0 saturated carbocycles. The van der Waals surface area contributed by atoms with E-state index in [2.05, 4.69) is 147 Å². The molecule has 0 amide bonds. The molecular formula is C43H64Zr. The van der Waals surface area contributed by atoms with E-state index in [0.717, 1.165) is 12.8 Å². The van der Waals surface area contributed by atoms with Gasteiger partial charge in [0.25, 0.3) is 0 Å². The maximum absolute atomic E-state index is 2.67. The Kier molecular flexibility index (Phi) is 9.98. The molecule has 1 heteroatoms. The summed E-state index contributed by atoms with van der Waals surface area (Å²) in [7, 11) is 0. The molecular weight excluding hydrogens is 608 g/mol.